The molecule has 0 atom stereocenters. The highest BCUT2D eigenvalue weighted by Crippen LogP contribution is 2.37. The summed E-state index contributed by atoms with van der Waals surface area (Å²) in [6.45, 7) is 3.02. The van der Waals surface area contributed by atoms with E-state index in [1.54, 1.807) is 0 Å². The molecule has 3 aromatic rings. The lowest BCUT2D eigenvalue weighted by atomic mass is 10.1. The van der Waals surface area contributed by atoms with Crippen LogP contribution in [0, 0.1) is 0 Å². The Kier molecular flexibility index (Phi) is 4.95. The molecule has 120 valence electrons. The molecule has 0 aliphatic heterocycles. The average molecular weight is 350 g/mol. The number of rotatable bonds is 6. The van der Waals surface area contributed by atoms with Crippen LogP contribution >= 0.6 is 22.9 Å². The van der Waals surface area contributed by atoms with Crippen molar-refractivity contribution in [2.45, 2.75) is 6.92 Å². The summed E-state index contributed by atoms with van der Waals surface area (Å²) in [5.41, 5.74) is 2.09. The molecule has 0 saturated carbocycles. The number of benzene rings is 1. The van der Waals surface area contributed by atoms with Crippen molar-refractivity contribution in [1.29, 1.82) is 0 Å². The van der Waals surface area contributed by atoms with Gasteiger partial charge in [0.15, 0.2) is 0 Å². The van der Waals surface area contributed by atoms with Crippen molar-refractivity contribution in [2.24, 2.45) is 0 Å². The number of fused-ring (bicyclic) bond motifs is 1. The molecule has 0 unspecified atom stereocenters. The van der Waals surface area contributed by atoms with Gasteiger partial charge in [0, 0.05) is 17.5 Å². The van der Waals surface area contributed by atoms with Crippen molar-refractivity contribution in [3.8, 4) is 16.9 Å². The summed E-state index contributed by atoms with van der Waals surface area (Å²) in [7, 11) is 0. The SMILES string of the molecule is CCOc1ccc(-c2csc3nc(Cl)nc(NCCO)c23)cc1. The lowest BCUT2D eigenvalue weighted by Gasteiger charge is -2.08. The van der Waals surface area contributed by atoms with Gasteiger partial charge in [0.05, 0.1) is 18.6 Å². The first-order valence-corrected chi connectivity index (χ1v) is 8.51. The fourth-order valence-electron chi connectivity index (χ4n) is 2.33. The van der Waals surface area contributed by atoms with E-state index in [1.165, 1.54) is 11.3 Å². The van der Waals surface area contributed by atoms with E-state index < -0.39 is 0 Å². The van der Waals surface area contributed by atoms with E-state index in [0.717, 1.165) is 27.1 Å². The van der Waals surface area contributed by atoms with E-state index in [4.69, 9.17) is 21.4 Å². The molecule has 3 rings (SSSR count). The second-order valence-electron chi connectivity index (χ2n) is 4.78. The fourth-order valence-corrected chi connectivity index (χ4v) is 3.49. The van der Waals surface area contributed by atoms with E-state index in [0.29, 0.717) is 19.0 Å². The maximum absolute atomic E-state index is 9.04. The highest BCUT2D eigenvalue weighted by molar-refractivity contribution is 7.17. The number of nitrogens with one attached hydrogen (secondary N) is 1. The summed E-state index contributed by atoms with van der Waals surface area (Å²) in [5.74, 6) is 1.48. The molecule has 2 aromatic heterocycles. The van der Waals surface area contributed by atoms with Gasteiger partial charge in [-0.3, -0.25) is 0 Å². The van der Waals surface area contributed by atoms with E-state index in [1.807, 2.05) is 36.6 Å². The zero-order valence-corrected chi connectivity index (χ0v) is 14.1. The van der Waals surface area contributed by atoms with Crippen molar-refractivity contribution < 1.29 is 9.84 Å². The van der Waals surface area contributed by atoms with Gasteiger partial charge in [0.1, 0.15) is 16.4 Å². The van der Waals surface area contributed by atoms with Crippen LogP contribution in [0.3, 0.4) is 0 Å². The lowest BCUT2D eigenvalue weighted by Crippen LogP contribution is -2.07. The number of hydrogen-bond donors (Lipinski definition) is 2. The Morgan fingerprint density at radius 1 is 1.26 bits per heavy atom. The summed E-state index contributed by atoms with van der Waals surface area (Å²) in [6.07, 6.45) is 0. The van der Waals surface area contributed by atoms with Crippen LogP contribution in [-0.4, -0.2) is 34.8 Å². The Morgan fingerprint density at radius 3 is 2.74 bits per heavy atom. The zero-order chi connectivity index (χ0) is 16.2. The predicted octanol–water partition coefficient (Wildman–Crippen LogP) is 3.81. The molecule has 0 saturated heterocycles. The van der Waals surface area contributed by atoms with Gasteiger partial charge in [-0.15, -0.1) is 11.3 Å². The number of aromatic nitrogens is 2. The Balaban J connectivity index is 2.06. The number of halogens is 1. The van der Waals surface area contributed by atoms with Gasteiger partial charge in [-0.1, -0.05) is 12.1 Å². The maximum atomic E-state index is 9.04. The van der Waals surface area contributed by atoms with Crippen molar-refractivity contribution in [3.05, 3.63) is 34.9 Å². The number of hydrogen-bond acceptors (Lipinski definition) is 6. The van der Waals surface area contributed by atoms with Gasteiger partial charge in [-0.05, 0) is 36.2 Å². The average Bonchev–Trinajstić information content (AvgIpc) is 2.97. The summed E-state index contributed by atoms with van der Waals surface area (Å²) in [5, 5.41) is 15.3. The minimum absolute atomic E-state index is 0.0195. The topological polar surface area (TPSA) is 67.3 Å². The molecule has 5 nitrogen and oxygen atoms in total. The molecule has 0 radical (unpaired) electrons. The predicted molar refractivity (Wildman–Crippen MR) is 94.6 cm³/mol. The first kappa shape index (κ1) is 16.0. The van der Waals surface area contributed by atoms with Crippen LogP contribution < -0.4 is 10.1 Å². The van der Waals surface area contributed by atoms with Crippen LogP contribution in [0.2, 0.25) is 5.28 Å². The number of aliphatic hydroxyl groups is 1. The molecular weight excluding hydrogens is 334 g/mol. The molecule has 0 aliphatic carbocycles. The van der Waals surface area contributed by atoms with Gasteiger partial charge in [-0.25, -0.2) is 9.97 Å². The van der Waals surface area contributed by atoms with Crippen LogP contribution in [0.1, 0.15) is 6.92 Å². The largest absolute Gasteiger partial charge is 0.494 e. The van der Waals surface area contributed by atoms with Gasteiger partial charge in [0.25, 0.3) is 0 Å². The van der Waals surface area contributed by atoms with Gasteiger partial charge in [0.2, 0.25) is 5.28 Å². The summed E-state index contributed by atoms with van der Waals surface area (Å²) < 4.78 is 5.48. The van der Waals surface area contributed by atoms with Gasteiger partial charge < -0.3 is 15.2 Å². The van der Waals surface area contributed by atoms with E-state index in [2.05, 4.69) is 15.3 Å². The minimum atomic E-state index is 0.0195. The van der Waals surface area contributed by atoms with Crippen molar-refractivity contribution in [3.63, 3.8) is 0 Å². The second kappa shape index (κ2) is 7.12. The summed E-state index contributed by atoms with van der Waals surface area (Å²) in [6, 6.07) is 7.91. The number of ether oxygens (including phenoxy) is 1. The smallest absolute Gasteiger partial charge is 0.225 e. The molecule has 0 amide bonds. The Hall–Kier alpha value is -1.89. The number of nitrogens with zero attached hydrogens (tertiary/aromatic N) is 2. The summed E-state index contributed by atoms with van der Waals surface area (Å²) in [4.78, 5) is 9.36. The molecular formula is C16H16ClN3O2S. The Bertz CT molecular complexity index is 805. The van der Waals surface area contributed by atoms with E-state index in [9.17, 15) is 0 Å². The van der Waals surface area contributed by atoms with Crippen molar-refractivity contribution in [2.75, 3.05) is 25.1 Å². The summed E-state index contributed by atoms with van der Waals surface area (Å²) >= 11 is 7.49. The molecule has 0 spiro atoms. The molecule has 0 aliphatic rings. The van der Waals surface area contributed by atoms with Crippen LogP contribution in [0.4, 0.5) is 5.82 Å². The molecule has 0 bridgehead atoms. The van der Waals surface area contributed by atoms with Crippen LogP contribution in [0.25, 0.3) is 21.3 Å². The lowest BCUT2D eigenvalue weighted by molar-refractivity contribution is 0.311. The maximum Gasteiger partial charge on any atom is 0.225 e. The van der Waals surface area contributed by atoms with E-state index in [-0.39, 0.29) is 11.9 Å². The van der Waals surface area contributed by atoms with Crippen LogP contribution in [-0.2, 0) is 0 Å². The number of anilines is 1. The van der Waals surface area contributed by atoms with Crippen LogP contribution in [0.15, 0.2) is 29.6 Å². The van der Waals surface area contributed by atoms with Crippen molar-refractivity contribution in [1.82, 2.24) is 9.97 Å². The molecule has 0 fully saturated rings. The first-order valence-electron chi connectivity index (χ1n) is 7.25. The van der Waals surface area contributed by atoms with E-state index >= 15 is 0 Å². The highest BCUT2D eigenvalue weighted by Gasteiger charge is 2.14. The molecule has 2 heterocycles. The number of thiophene rings is 1. The van der Waals surface area contributed by atoms with Gasteiger partial charge in [-0.2, -0.15) is 0 Å². The third kappa shape index (κ3) is 3.39. The Labute approximate surface area is 142 Å². The third-order valence-electron chi connectivity index (χ3n) is 3.29. The zero-order valence-electron chi connectivity index (χ0n) is 12.5. The molecule has 1 aromatic carbocycles. The van der Waals surface area contributed by atoms with Gasteiger partial charge >= 0.3 is 0 Å². The first-order chi connectivity index (χ1) is 11.2. The minimum Gasteiger partial charge on any atom is -0.494 e. The van der Waals surface area contributed by atoms with Crippen molar-refractivity contribution >= 4 is 39.0 Å². The molecule has 23 heavy (non-hydrogen) atoms. The Morgan fingerprint density at radius 2 is 2.04 bits per heavy atom. The fraction of sp³-hybridized carbons (Fsp3) is 0.250. The second-order valence-corrected chi connectivity index (χ2v) is 5.97. The standard InChI is InChI=1S/C16H16ClN3O2S/c1-2-22-11-5-3-10(4-6-11)12-9-23-15-13(12)14(18-7-8-21)19-16(17)20-15/h3-6,9,21H,2,7-8H2,1H3,(H,18,19,20). The molecule has 7 heteroatoms. The van der Waals surface area contributed by atoms with Crippen LogP contribution in [0.5, 0.6) is 5.75 Å². The number of aliphatic hydroxyl groups excluding tert-OH is 1. The third-order valence-corrected chi connectivity index (χ3v) is 4.33. The highest BCUT2D eigenvalue weighted by atomic mass is 35.5. The normalized spacial score (nSPS) is 10.9. The quantitative estimate of drug-likeness (QED) is 0.662. The molecule has 2 N–H and O–H groups in total. The monoisotopic (exact) mass is 349 g/mol.